The molecule has 0 saturated heterocycles. The average molecular weight is 224 g/mol. The summed E-state index contributed by atoms with van der Waals surface area (Å²) in [5.41, 5.74) is 0.897. The molecule has 1 saturated carbocycles. The lowest BCUT2D eigenvalue weighted by Gasteiger charge is -2.01. The first-order valence-electron chi connectivity index (χ1n) is 4.81. The predicted octanol–water partition coefficient (Wildman–Crippen LogP) is 2.22. The van der Waals surface area contributed by atoms with Gasteiger partial charge in [0.25, 0.3) is 0 Å². The normalized spacial score (nSPS) is 16.2. The number of oxime groups is 1. The molecule has 0 bridgehead atoms. The summed E-state index contributed by atoms with van der Waals surface area (Å²) in [6.45, 7) is 0. The molecule has 4 nitrogen and oxygen atoms in total. The van der Waals surface area contributed by atoms with Crippen LogP contribution in [0.1, 0.15) is 17.7 Å². The van der Waals surface area contributed by atoms with E-state index in [1.165, 1.54) is 7.05 Å². The van der Waals surface area contributed by atoms with Crippen molar-refractivity contribution in [3.05, 3.63) is 22.4 Å². The average Bonchev–Trinajstić information content (AvgIpc) is 2.94. The van der Waals surface area contributed by atoms with E-state index in [9.17, 15) is 4.79 Å². The zero-order chi connectivity index (χ0) is 10.7. The van der Waals surface area contributed by atoms with Crippen LogP contribution in [0.2, 0.25) is 0 Å². The molecule has 1 amide bonds. The van der Waals surface area contributed by atoms with Crippen LogP contribution in [0.25, 0.3) is 0 Å². The standard InChI is InChI=1S/C10H12N2O2S/c1-11-10(13)14-12-9(7-4-5-7)8-3-2-6-15-8/h2-3,6-7H,4-5H2,1H3,(H,11,13). The molecule has 1 N–H and O–H groups in total. The number of hydrogen-bond donors (Lipinski definition) is 1. The Balaban J connectivity index is 2.09. The Morgan fingerprint density at radius 2 is 2.47 bits per heavy atom. The van der Waals surface area contributed by atoms with E-state index >= 15 is 0 Å². The molecule has 0 aromatic carbocycles. The number of nitrogens with one attached hydrogen (secondary N) is 1. The molecule has 1 aliphatic rings. The van der Waals surface area contributed by atoms with Crippen LogP contribution in [0.4, 0.5) is 4.79 Å². The second kappa shape index (κ2) is 4.44. The fourth-order valence-electron chi connectivity index (χ4n) is 1.24. The van der Waals surface area contributed by atoms with Gasteiger partial charge in [-0.1, -0.05) is 11.2 Å². The van der Waals surface area contributed by atoms with E-state index in [1.807, 2.05) is 17.5 Å². The third kappa shape index (κ3) is 2.56. The minimum atomic E-state index is -0.523. The summed E-state index contributed by atoms with van der Waals surface area (Å²) < 4.78 is 0. The molecule has 0 radical (unpaired) electrons. The Labute approximate surface area is 91.9 Å². The molecule has 1 aromatic heterocycles. The van der Waals surface area contributed by atoms with Gasteiger partial charge in [-0.05, 0) is 24.3 Å². The van der Waals surface area contributed by atoms with Crippen molar-refractivity contribution in [2.24, 2.45) is 11.1 Å². The van der Waals surface area contributed by atoms with E-state index in [0.29, 0.717) is 5.92 Å². The van der Waals surface area contributed by atoms with Gasteiger partial charge >= 0.3 is 6.09 Å². The SMILES string of the molecule is CNC(=O)ON=C(c1cccs1)C1CC1. The maximum atomic E-state index is 10.9. The van der Waals surface area contributed by atoms with Gasteiger partial charge in [0, 0.05) is 13.0 Å². The van der Waals surface area contributed by atoms with Crippen molar-refractivity contribution in [3.63, 3.8) is 0 Å². The first-order valence-corrected chi connectivity index (χ1v) is 5.69. The van der Waals surface area contributed by atoms with E-state index < -0.39 is 6.09 Å². The highest BCUT2D eigenvalue weighted by Crippen LogP contribution is 2.34. The van der Waals surface area contributed by atoms with Gasteiger partial charge in [0.15, 0.2) is 0 Å². The molecule has 1 aromatic rings. The van der Waals surface area contributed by atoms with Crippen LogP contribution >= 0.6 is 11.3 Å². The summed E-state index contributed by atoms with van der Waals surface area (Å²) in [4.78, 5) is 16.7. The molecule has 80 valence electrons. The van der Waals surface area contributed by atoms with Gasteiger partial charge in [0.05, 0.1) is 4.88 Å². The van der Waals surface area contributed by atoms with Gasteiger partial charge in [0.1, 0.15) is 5.71 Å². The summed E-state index contributed by atoms with van der Waals surface area (Å²) in [6.07, 6.45) is 1.74. The lowest BCUT2D eigenvalue weighted by atomic mass is 10.2. The smallest absolute Gasteiger partial charge is 0.323 e. The van der Waals surface area contributed by atoms with E-state index in [2.05, 4.69) is 10.5 Å². The highest BCUT2D eigenvalue weighted by atomic mass is 32.1. The Morgan fingerprint density at radius 1 is 1.67 bits per heavy atom. The van der Waals surface area contributed by atoms with Crippen molar-refractivity contribution >= 4 is 23.1 Å². The monoisotopic (exact) mass is 224 g/mol. The summed E-state index contributed by atoms with van der Waals surface area (Å²) in [7, 11) is 1.51. The Kier molecular flexibility index (Phi) is 3.01. The molecule has 0 spiro atoms. The molecule has 5 heteroatoms. The Hall–Kier alpha value is -1.36. The number of nitrogens with zero attached hydrogens (tertiary/aromatic N) is 1. The largest absolute Gasteiger partial charge is 0.433 e. The summed E-state index contributed by atoms with van der Waals surface area (Å²) in [5, 5.41) is 8.27. The number of rotatable bonds is 3. The van der Waals surface area contributed by atoms with Crippen molar-refractivity contribution < 1.29 is 9.63 Å². The molecule has 0 atom stereocenters. The fourth-order valence-corrected chi connectivity index (χ4v) is 2.02. The van der Waals surface area contributed by atoms with Crippen LogP contribution < -0.4 is 5.32 Å². The highest BCUT2D eigenvalue weighted by molar-refractivity contribution is 7.12. The lowest BCUT2D eigenvalue weighted by molar-refractivity contribution is 0.153. The molecule has 1 heterocycles. The Morgan fingerprint density at radius 3 is 3.00 bits per heavy atom. The van der Waals surface area contributed by atoms with Gasteiger partial charge in [-0.3, -0.25) is 4.84 Å². The molecule has 15 heavy (non-hydrogen) atoms. The van der Waals surface area contributed by atoms with Gasteiger partial charge in [-0.15, -0.1) is 11.3 Å². The van der Waals surface area contributed by atoms with Crippen molar-refractivity contribution in [2.45, 2.75) is 12.8 Å². The van der Waals surface area contributed by atoms with Crippen molar-refractivity contribution in [1.82, 2.24) is 5.32 Å². The highest BCUT2D eigenvalue weighted by Gasteiger charge is 2.30. The fraction of sp³-hybridized carbons (Fsp3) is 0.400. The van der Waals surface area contributed by atoms with E-state index in [1.54, 1.807) is 11.3 Å². The van der Waals surface area contributed by atoms with Crippen molar-refractivity contribution in [2.75, 3.05) is 7.05 Å². The number of carbonyl (C=O) groups is 1. The number of hydrogen-bond acceptors (Lipinski definition) is 4. The van der Waals surface area contributed by atoms with Crippen molar-refractivity contribution in [1.29, 1.82) is 0 Å². The van der Waals surface area contributed by atoms with Crippen LogP contribution in [0.15, 0.2) is 22.7 Å². The van der Waals surface area contributed by atoms with Crippen LogP contribution in [0.3, 0.4) is 0 Å². The maximum Gasteiger partial charge on any atom is 0.433 e. The summed E-state index contributed by atoms with van der Waals surface area (Å²) >= 11 is 1.62. The third-order valence-electron chi connectivity index (χ3n) is 2.17. The third-order valence-corrected chi connectivity index (χ3v) is 3.06. The zero-order valence-electron chi connectivity index (χ0n) is 8.40. The van der Waals surface area contributed by atoms with E-state index in [0.717, 1.165) is 23.4 Å². The molecule has 0 aliphatic heterocycles. The van der Waals surface area contributed by atoms with E-state index in [-0.39, 0.29) is 0 Å². The second-order valence-electron chi connectivity index (χ2n) is 3.36. The molecule has 1 fully saturated rings. The van der Waals surface area contributed by atoms with Gasteiger partial charge in [0.2, 0.25) is 0 Å². The lowest BCUT2D eigenvalue weighted by Crippen LogP contribution is -2.18. The molecular weight excluding hydrogens is 212 g/mol. The minimum absolute atomic E-state index is 0.466. The number of thiophene rings is 1. The molecule has 1 aliphatic carbocycles. The Bertz CT molecular complexity index is 369. The van der Waals surface area contributed by atoms with Crippen molar-refractivity contribution in [3.8, 4) is 0 Å². The molecule has 0 unspecified atom stereocenters. The predicted molar refractivity (Wildman–Crippen MR) is 59.1 cm³/mol. The topological polar surface area (TPSA) is 50.7 Å². The molecular formula is C10H12N2O2S. The number of amides is 1. The summed E-state index contributed by atoms with van der Waals surface area (Å²) in [5.74, 6) is 0.466. The first kappa shape index (κ1) is 10.2. The maximum absolute atomic E-state index is 10.9. The zero-order valence-corrected chi connectivity index (χ0v) is 9.21. The van der Waals surface area contributed by atoms with Gasteiger partial charge in [-0.25, -0.2) is 4.79 Å². The quantitative estimate of drug-likeness (QED) is 0.486. The molecule has 2 rings (SSSR count). The first-order chi connectivity index (χ1) is 7.31. The van der Waals surface area contributed by atoms with Crippen LogP contribution in [-0.4, -0.2) is 18.9 Å². The van der Waals surface area contributed by atoms with Crippen LogP contribution in [-0.2, 0) is 4.84 Å². The van der Waals surface area contributed by atoms with Crippen LogP contribution in [0.5, 0.6) is 0 Å². The van der Waals surface area contributed by atoms with Gasteiger partial charge < -0.3 is 5.32 Å². The van der Waals surface area contributed by atoms with Gasteiger partial charge in [-0.2, -0.15) is 0 Å². The number of carbonyl (C=O) groups excluding carboxylic acids is 1. The van der Waals surface area contributed by atoms with Crippen LogP contribution in [0, 0.1) is 5.92 Å². The second-order valence-corrected chi connectivity index (χ2v) is 4.30. The summed E-state index contributed by atoms with van der Waals surface area (Å²) in [6, 6.07) is 3.97. The van der Waals surface area contributed by atoms with E-state index in [4.69, 9.17) is 4.84 Å². The minimum Gasteiger partial charge on any atom is -0.323 e.